The molecule has 2 heterocycles. The van der Waals surface area contributed by atoms with Gasteiger partial charge in [-0.05, 0) is 51.9 Å². The van der Waals surface area contributed by atoms with Crippen molar-refractivity contribution in [2.75, 3.05) is 7.05 Å². The lowest BCUT2D eigenvalue weighted by Gasteiger charge is -2.02. The van der Waals surface area contributed by atoms with Gasteiger partial charge in [0.25, 0.3) is 0 Å². The largest absolute Gasteiger partial charge is 0.311 e. The second-order valence-electron chi connectivity index (χ2n) is 3.19. The van der Waals surface area contributed by atoms with Crippen molar-refractivity contribution >= 4 is 54.5 Å². The Kier molecular flexibility index (Phi) is 4.12. The highest BCUT2D eigenvalue weighted by Gasteiger charge is 2.15. The average molecular weight is 383 g/mol. The fraction of sp³-hybridized carbons (Fsp3) is 0.333. The molecule has 0 radical (unpaired) electrons. The van der Waals surface area contributed by atoms with Crippen molar-refractivity contribution in [2.24, 2.45) is 0 Å². The van der Waals surface area contributed by atoms with Gasteiger partial charge in [-0.15, -0.1) is 21.5 Å². The first-order valence-corrected chi connectivity index (χ1v) is 7.79. The van der Waals surface area contributed by atoms with E-state index < -0.39 is 0 Å². The number of nitrogens with zero attached hydrogens (tertiary/aromatic N) is 2. The van der Waals surface area contributed by atoms with E-state index in [1.54, 1.807) is 22.7 Å². The zero-order valence-corrected chi connectivity index (χ0v) is 13.4. The SMILES string of the molecule is CNC(C)c1nnc(-c2cc(Br)sc2Br)s1. The number of aromatic nitrogens is 2. The summed E-state index contributed by atoms with van der Waals surface area (Å²) in [7, 11) is 1.92. The average Bonchev–Trinajstić information content (AvgIpc) is 2.83. The van der Waals surface area contributed by atoms with Gasteiger partial charge in [0.2, 0.25) is 0 Å². The van der Waals surface area contributed by atoms with Gasteiger partial charge in [-0.25, -0.2) is 0 Å². The molecule has 2 rings (SSSR count). The number of nitrogens with one attached hydrogen (secondary N) is 1. The summed E-state index contributed by atoms with van der Waals surface area (Å²) in [4.78, 5) is 0. The van der Waals surface area contributed by atoms with E-state index in [0.717, 1.165) is 23.2 Å². The standard InChI is InChI=1S/C9H9Br2N3S2/c1-4(12-2)8-13-14-9(16-8)5-3-6(10)15-7(5)11/h3-4,12H,1-2H3. The van der Waals surface area contributed by atoms with Crippen LogP contribution in [0.4, 0.5) is 0 Å². The van der Waals surface area contributed by atoms with Gasteiger partial charge in [-0.1, -0.05) is 11.3 Å². The Bertz CT molecular complexity index is 495. The Labute approximate surface area is 119 Å². The number of thiophene rings is 1. The van der Waals surface area contributed by atoms with Gasteiger partial charge in [0.15, 0.2) is 0 Å². The highest BCUT2D eigenvalue weighted by Crippen LogP contribution is 2.40. The predicted molar refractivity (Wildman–Crippen MR) is 76.1 cm³/mol. The van der Waals surface area contributed by atoms with Crippen molar-refractivity contribution in [1.29, 1.82) is 0 Å². The monoisotopic (exact) mass is 381 g/mol. The topological polar surface area (TPSA) is 37.8 Å². The molecule has 2 aromatic heterocycles. The van der Waals surface area contributed by atoms with Crippen LogP contribution in [0, 0.1) is 0 Å². The zero-order valence-electron chi connectivity index (χ0n) is 8.62. The molecule has 2 aromatic rings. The Morgan fingerprint density at radius 3 is 2.62 bits per heavy atom. The molecule has 0 spiro atoms. The summed E-state index contributed by atoms with van der Waals surface area (Å²) >= 11 is 10.3. The lowest BCUT2D eigenvalue weighted by Crippen LogP contribution is -2.11. The van der Waals surface area contributed by atoms with Gasteiger partial charge in [-0.2, -0.15) is 0 Å². The van der Waals surface area contributed by atoms with Crippen LogP contribution in [0.5, 0.6) is 0 Å². The smallest absolute Gasteiger partial charge is 0.149 e. The van der Waals surface area contributed by atoms with Crippen LogP contribution in [0.2, 0.25) is 0 Å². The van der Waals surface area contributed by atoms with Gasteiger partial charge in [-0.3, -0.25) is 0 Å². The Morgan fingerprint density at radius 2 is 2.06 bits per heavy atom. The van der Waals surface area contributed by atoms with Crippen LogP contribution < -0.4 is 5.32 Å². The molecule has 0 amide bonds. The van der Waals surface area contributed by atoms with Crippen LogP contribution in [0.3, 0.4) is 0 Å². The lowest BCUT2D eigenvalue weighted by atomic mass is 10.4. The van der Waals surface area contributed by atoms with Crippen molar-refractivity contribution in [3.8, 4) is 10.6 Å². The molecule has 1 atom stereocenters. The molecule has 0 bridgehead atoms. The normalized spacial score (nSPS) is 13.0. The van der Waals surface area contributed by atoms with Crippen LogP contribution >= 0.6 is 54.5 Å². The first-order chi connectivity index (χ1) is 7.61. The van der Waals surface area contributed by atoms with Crippen molar-refractivity contribution in [3.05, 3.63) is 18.6 Å². The molecule has 0 fully saturated rings. The Hall–Kier alpha value is 0.180. The van der Waals surface area contributed by atoms with Crippen molar-refractivity contribution in [3.63, 3.8) is 0 Å². The highest BCUT2D eigenvalue weighted by atomic mass is 79.9. The maximum Gasteiger partial charge on any atom is 0.149 e. The quantitative estimate of drug-likeness (QED) is 0.869. The summed E-state index contributed by atoms with van der Waals surface area (Å²) in [6, 6.07) is 2.30. The Morgan fingerprint density at radius 1 is 1.31 bits per heavy atom. The highest BCUT2D eigenvalue weighted by molar-refractivity contribution is 9.12. The van der Waals surface area contributed by atoms with Gasteiger partial charge in [0.1, 0.15) is 10.0 Å². The van der Waals surface area contributed by atoms with Crippen molar-refractivity contribution < 1.29 is 0 Å². The van der Waals surface area contributed by atoms with Crippen molar-refractivity contribution in [2.45, 2.75) is 13.0 Å². The van der Waals surface area contributed by atoms with E-state index in [-0.39, 0.29) is 6.04 Å². The van der Waals surface area contributed by atoms with E-state index in [0.29, 0.717) is 0 Å². The molecule has 0 aromatic carbocycles. The molecule has 3 nitrogen and oxygen atoms in total. The first kappa shape index (κ1) is 12.6. The van der Waals surface area contributed by atoms with E-state index >= 15 is 0 Å². The second-order valence-corrected chi connectivity index (χ2v) is 7.95. The van der Waals surface area contributed by atoms with Crippen LogP contribution in [-0.4, -0.2) is 17.2 Å². The molecule has 0 saturated heterocycles. The molecule has 7 heteroatoms. The minimum atomic E-state index is 0.243. The minimum absolute atomic E-state index is 0.243. The minimum Gasteiger partial charge on any atom is -0.311 e. The van der Waals surface area contributed by atoms with E-state index in [9.17, 15) is 0 Å². The van der Waals surface area contributed by atoms with E-state index in [1.807, 2.05) is 7.05 Å². The third-order valence-corrected chi connectivity index (χ3v) is 5.61. The molecule has 1 unspecified atom stereocenters. The molecular weight excluding hydrogens is 374 g/mol. The molecule has 86 valence electrons. The summed E-state index contributed by atoms with van der Waals surface area (Å²) < 4.78 is 2.17. The summed E-state index contributed by atoms with van der Waals surface area (Å²) in [5.41, 5.74) is 1.10. The molecule has 0 aliphatic rings. The number of rotatable bonds is 3. The van der Waals surface area contributed by atoms with E-state index in [1.165, 1.54) is 0 Å². The van der Waals surface area contributed by atoms with Crippen molar-refractivity contribution in [1.82, 2.24) is 15.5 Å². The summed E-state index contributed by atoms with van der Waals surface area (Å²) in [5, 5.41) is 13.5. The fourth-order valence-corrected chi connectivity index (χ4v) is 5.06. The van der Waals surface area contributed by atoms with Gasteiger partial charge >= 0.3 is 0 Å². The third-order valence-electron chi connectivity index (χ3n) is 2.13. The predicted octanol–water partition coefficient (Wildman–Crippen LogP) is 4.07. The number of halogens is 2. The molecule has 0 aliphatic heterocycles. The van der Waals surface area contributed by atoms with Gasteiger partial charge in [0, 0.05) is 5.56 Å². The number of hydrogen-bond acceptors (Lipinski definition) is 5. The maximum atomic E-state index is 4.21. The summed E-state index contributed by atoms with van der Waals surface area (Å²) in [6.07, 6.45) is 0. The Balaban J connectivity index is 2.35. The number of hydrogen-bond donors (Lipinski definition) is 1. The summed E-state index contributed by atoms with van der Waals surface area (Å²) in [6.45, 7) is 2.07. The van der Waals surface area contributed by atoms with Crippen LogP contribution in [0.15, 0.2) is 13.6 Å². The molecule has 1 N–H and O–H groups in total. The van der Waals surface area contributed by atoms with E-state index in [2.05, 4.69) is 60.4 Å². The molecule has 0 saturated carbocycles. The van der Waals surface area contributed by atoms with Crippen LogP contribution in [-0.2, 0) is 0 Å². The summed E-state index contributed by atoms with van der Waals surface area (Å²) in [5.74, 6) is 0. The van der Waals surface area contributed by atoms with Gasteiger partial charge in [0.05, 0.1) is 13.6 Å². The van der Waals surface area contributed by atoms with Crippen LogP contribution in [0.25, 0.3) is 10.6 Å². The molecule has 0 aliphatic carbocycles. The molecule has 16 heavy (non-hydrogen) atoms. The lowest BCUT2D eigenvalue weighted by molar-refractivity contribution is 0.640. The van der Waals surface area contributed by atoms with E-state index in [4.69, 9.17) is 0 Å². The molecular formula is C9H9Br2N3S2. The third kappa shape index (κ3) is 2.53. The maximum absolute atomic E-state index is 4.21. The van der Waals surface area contributed by atoms with Crippen LogP contribution in [0.1, 0.15) is 18.0 Å². The fourth-order valence-electron chi connectivity index (χ4n) is 1.13. The van der Waals surface area contributed by atoms with Gasteiger partial charge < -0.3 is 5.32 Å². The second kappa shape index (κ2) is 5.22. The zero-order chi connectivity index (χ0) is 11.7. The first-order valence-electron chi connectivity index (χ1n) is 4.57.